The Hall–Kier alpha value is -4.59. The highest BCUT2D eigenvalue weighted by molar-refractivity contribution is 6.41. The van der Waals surface area contributed by atoms with Crippen molar-refractivity contribution in [1.82, 2.24) is 0 Å². The molecule has 8 heteroatoms. The molecule has 35 heavy (non-hydrogen) atoms. The van der Waals surface area contributed by atoms with Gasteiger partial charge in [0.1, 0.15) is 17.2 Å². The number of hydrogen-bond donors (Lipinski definition) is 3. The van der Waals surface area contributed by atoms with Gasteiger partial charge in [-0.05, 0) is 61.4 Å². The van der Waals surface area contributed by atoms with E-state index in [0.29, 0.717) is 23.2 Å². The SMILES string of the molecule is Cc1ccccc1N=C(N)Nc1ccccc1C.Oc1ccccc1OB1Oc2ccccc2O1. The predicted octanol–water partition coefficient (Wildman–Crippen LogP) is 5.59. The van der Waals surface area contributed by atoms with Gasteiger partial charge >= 0.3 is 7.32 Å². The molecule has 176 valence electrons. The molecule has 1 aliphatic rings. The van der Waals surface area contributed by atoms with Crippen molar-refractivity contribution in [2.24, 2.45) is 10.7 Å². The van der Waals surface area contributed by atoms with Gasteiger partial charge < -0.3 is 30.1 Å². The molecule has 4 N–H and O–H groups in total. The molecule has 0 bridgehead atoms. The largest absolute Gasteiger partial charge is 0.864 e. The maximum absolute atomic E-state index is 9.55. The lowest BCUT2D eigenvalue weighted by Gasteiger charge is -2.08. The van der Waals surface area contributed by atoms with Gasteiger partial charge in [0, 0.05) is 5.69 Å². The number of guanidine groups is 1. The fourth-order valence-corrected chi connectivity index (χ4v) is 3.28. The van der Waals surface area contributed by atoms with E-state index in [4.69, 9.17) is 19.7 Å². The second-order valence-corrected chi connectivity index (χ2v) is 7.78. The summed E-state index contributed by atoms with van der Waals surface area (Å²) in [6.45, 7) is 4.04. The number of phenols is 1. The van der Waals surface area contributed by atoms with Crippen LogP contribution in [0.1, 0.15) is 11.1 Å². The Morgan fingerprint density at radius 3 is 2.03 bits per heavy atom. The van der Waals surface area contributed by atoms with Gasteiger partial charge in [0.25, 0.3) is 0 Å². The fourth-order valence-electron chi connectivity index (χ4n) is 3.28. The van der Waals surface area contributed by atoms with Crippen LogP contribution >= 0.6 is 0 Å². The second-order valence-electron chi connectivity index (χ2n) is 7.78. The maximum atomic E-state index is 9.55. The highest BCUT2D eigenvalue weighted by Gasteiger charge is 2.38. The first kappa shape index (κ1) is 23.6. The summed E-state index contributed by atoms with van der Waals surface area (Å²) < 4.78 is 16.2. The van der Waals surface area contributed by atoms with Crippen molar-refractivity contribution in [3.05, 3.63) is 108 Å². The Morgan fingerprint density at radius 2 is 1.37 bits per heavy atom. The highest BCUT2D eigenvalue weighted by atomic mass is 16.8. The van der Waals surface area contributed by atoms with Crippen LogP contribution in [0.2, 0.25) is 0 Å². The zero-order valence-electron chi connectivity index (χ0n) is 19.5. The number of aliphatic imine (C=N–C) groups is 1. The Balaban J connectivity index is 0.000000165. The second kappa shape index (κ2) is 11.0. The lowest BCUT2D eigenvalue weighted by Crippen LogP contribution is -2.32. The zero-order valence-corrected chi connectivity index (χ0v) is 19.5. The zero-order chi connectivity index (χ0) is 24.6. The van der Waals surface area contributed by atoms with Crippen LogP contribution in [0.3, 0.4) is 0 Å². The number of benzene rings is 4. The number of hydrogen-bond acceptors (Lipinski definition) is 5. The summed E-state index contributed by atoms with van der Waals surface area (Å²) in [6, 6.07) is 29.8. The normalized spacial score (nSPS) is 11.9. The standard InChI is InChI=1S/C15H17N3.C12H9BO4/c1-11-7-3-5-9-13(11)17-15(16)18-14-10-6-4-8-12(14)2;14-9-5-1-2-6-10(9)15-13-16-11-7-3-4-8-12(11)17-13/h3-10H,1-2H3,(H3,16,17,18);1-8,14H. The lowest BCUT2D eigenvalue weighted by molar-refractivity contribution is 0.338. The van der Waals surface area contributed by atoms with Crippen molar-refractivity contribution in [2.75, 3.05) is 5.32 Å². The van der Waals surface area contributed by atoms with E-state index < -0.39 is 7.32 Å². The Morgan fingerprint density at radius 1 is 0.800 bits per heavy atom. The van der Waals surface area contributed by atoms with E-state index in [-0.39, 0.29) is 5.75 Å². The van der Waals surface area contributed by atoms with E-state index in [0.717, 1.165) is 22.5 Å². The van der Waals surface area contributed by atoms with Crippen molar-refractivity contribution in [3.8, 4) is 23.0 Å². The predicted molar refractivity (Wildman–Crippen MR) is 139 cm³/mol. The van der Waals surface area contributed by atoms with E-state index in [1.807, 2.05) is 74.5 Å². The number of fused-ring (bicyclic) bond motifs is 1. The third kappa shape index (κ3) is 6.26. The van der Waals surface area contributed by atoms with Gasteiger partial charge in [-0.2, -0.15) is 0 Å². The molecule has 0 saturated carbocycles. The van der Waals surface area contributed by atoms with Crippen molar-refractivity contribution >= 4 is 24.7 Å². The summed E-state index contributed by atoms with van der Waals surface area (Å²) in [5.74, 6) is 2.04. The average molecular weight is 467 g/mol. The van der Waals surface area contributed by atoms with Crippen LogP contribution < -0.4 is 25.0 Å². The van der Waals surface area contributed by atoms with E-state index in [1.165, 1.54) is 6.07 Å². The molecular formula is C27H26BN3O4. The fraction of sp³-hybridized carbons (Fsp3) is 0.0741. The molecular weight excluding hydrogens is 441 g/mol. The number of aryl methyl sites for hydroxylation is 2. The molecule has 4 aromatic rings. The van der Waals surface area contributed by atoms with Crippen molar-refractivity contribution < 1.29 is 19.1 Å². The van der Waals surface area contributed by atoms with Gasteiger partial charge in [-0.15, -0.1) is 0 Å². The number of anilines is 1. The molecule has 7 nitrogen and oxygen atoms in total. The summed E-state index contributed by atoms with van der Waals surface area (Å²) in [4.78, 5) is 4.38. The van der Waals surface area contributed by atoms with Crippen LogP contribution in [0, 0.1) is 13.8 Å². The third-order valence-electron chi connectivity index (χ3n) is 5.15. The molecule has 1 heterocycles. The first-order valence-corrected chi connectivity index (χ1v) is 11.1. The highest BCUT2D eigenvalue weighted by Crippen LogP contribution is 2.34. The number of aromatic hydroxyl groups is 1. The summed E-state index contributed by atoms with van der Waals surface area (Å²) in [6.07, 6.45) is 0. The minimum absolute atomic E-state index is 0.0515. The molecule has 0 amide bonds. The molecule has 0 radical (unpaired) electrons. The smallest absolute Gasteiger partial charge is 0.504 e. The molecule has 0 saturated heterocycles. The third-order valence-corrected chi connectivity index (χ3v) is 5.15. The topological polar surface area (TPSA) is 98.3 Å². The molecule has 0 atom stereocenters. The van der Waals surface area contributed by atoms with E-state index >= 15 is 0 Å². The quantitative estimate of drug-likeness (QED) is 0.206. The molecule has 4 aromatic carbocycles. The van der Waals surface area contributed by atoms with Gasteiger partial charge in [0.15, 0.2) is 11.7 Å². The maximum Gasteiger partial charge on any atom is 0.864 e. The summed E-state index contributed by atoms with van der Waals surface area (Å²) >= 11 is 0. The van der Waals surface area contributed by atoms with Crippen molar-refractivity contribution in [2.45, 2.75) is 13.8 Å². The number of nitrogens with one attached hydrogen (secondary N) is 1. The van der Waals surface area contributed by atoms with Crippen LogP contribution in [-0.2, 0) is 0 Å². The first-order chi connectivity index (χ1) is 17.0. The number of phenolic OH excluding ortho intramolecular Hbond substituents is 1. The summed E-state index contributed by atoms with van der Waals surface area (Å²) in [7, 11) is -0.860. The lowest BCUT2D eigenvalue weighted by atomic mass is 10.2. The molecule has 0 spiro atoms. The number of nitrogens with two attached hydrogens (primary N) is 1. The van der Waals surface area contributed by atoms with Gasteiger partial charge in [0.05, 0.1) is 5.69 Å². The van der Waals surface area contributed by atoms with Crippen molar-refractivity contribution in [3.63, 3.8) is 0 Å². The summed E-state index contributed by atoms with van der Waals surface area (Å²) in [5.41, 5.74) is 10.0. The summed E-state index contributed by atoms with van der Waals surface area (Å²) in [5, 5.41) is 12.7. The van der Waals surface area contributed by atoms with Gasteiger partial charge in [-0.25, -0.2) is 4.99 Å². The number of para-hydroxylation sites is 6. The van der Waals surface area contributed by atoms with Crippen LogP contribution in [0.4, 0.5) is 11.4 Å². The first-order valence-electron chi connectivity index (χ1n) is 11.1. The molecule has 1 aliphatic heterocycles. The Bertz CT molecular complexity index is 1300. The molecule has 0 aliphatic carbocycles. The average Bonchev–Trinajstić information content (AvgIpc) is 3.26. The van der Waals surface area contributed by atoms with Gasteiger partial charge in [0.2, 0.25) is 0 Å². The number of rotatable bonds is 4. The minimum Gasteiger partial charge on any atom is -0.504 e. The van der Waals surface area contributed by atoms with Crippen LogP contribution in [0.25, 0.3) is 0 Å². The van der Waals surface area contributed by atoms with Gasteiger partial charge in [-0.3, -0.25) is 0 Å². The minimum atomic E-state index is -0.860. The Labute approximate surface area is 205 Å². The van der Waals surface area contributed by atoms with E-state index in [9.17, 15) is 5.11 Å². The number of nitrogens with zero attached hydrogens (tertiary/aromatic N) is 1. The molecule has 0 unspecified atom stereocenters. The van der Waals surface area contributed by atoms with E-state index in [1.54, 1.807) is 30.3 Å². The molecule has 5 rings (SSSR count). The van der Waals surface area contributed by atoms with Crippen molar-refractivity contribution in [1.29, 1.82) is 0 Å². The monoisotopic (exact) mass is 467 g/mol. The van der Waals surface area contributed by atoms with Crippen LogP contribution in [0.5, 0.6) is 23.0 Å². The van der Waals surface area contributed by atoms with E-state index in [2.05, 4.69) is 10.3 Å². The van der Waals surface area contributed by atoms with Gasteiger partial charge in [-0.1, -0.05) is 60.7 Å². The molecule has 0 fully saturated rings. The van der Waals surface area contributed by atoms with Crippen LogP contribution in [-0.4, -0.2) is 18.4 Å². The Kier molecular flexibility index (Phi) is 7.42. The van der Waals surface area contributed by atoms with Crippen LogP contribution in [0.15, 0.2) is 102 Å². The molecule has 0 aromatic heterocycles.